The van der Waals surface area contributed by atoms with Crippen LogP contribution in [0.15, 0.2) is 47.5 Å². The minimum absolute atomic E-state index is 0.0248. The lowest BCUT2D eigenvalue weighted by Gasteiger charge is -2.39. The minimum atomic E-state index is -0.584. The second-order valence-electron chi connectivity index (χ2n) is 19.6. The van der Waals surface area contributed by atoms with Crippen LogP contribution in [0.2, 0.25) is 0 Å². The fourth-order valence-electron chi connectivity index (χ4n) is 11.7. The zero-order valence-corrected chi connectivity index (χ0v) is 38.5. The van der Waals surface area contributed by atoms with Crippen molar-refractivity contribution < 1.29 is 19.2 Å². The Morgan fingerprint density at radius 3 is 2.14 bits per heavy atom. The Hall–Kier alpha value is -5.74. The van der Waals surface area contributed by atoms with E-state index in [0.717, 1.165) is 112 Å². The molecule has 6 aliphatic rings. The highest BCUT2D eigenvalue weighted by Gasteiger charge is 2.39. The van der Waals surface area contributed by atoms with Crippen LogP contribution in [-0.2, 0) is 16.1 Å². The molecule has 3 aromatic heterocycles. The molecule has 5 fully saturated rings. The number of hydrogen-bond donors (Lipinski definition) is 2. The molecule has 16 nitrogen and oxygen atoms in total. The van der Waals surface area contributed by atoms with Crippen LogP contribution in [0, 0.1) is 18.8 Å². The first-order chi connectivity index (χ1) is 32.1. The van der Waals surface area contributed by atoms with E-state index in [1.54, 1.807) is 22.6 Å². The van der Waals surface area contributed by atoms with E-state index in [4.69, 9.17) is 9.97 Å². The van der Waals surface area contributed by atoms with Gasteiger partial charge in [-0.1, -0.05) is 12.8 Å². The summed E-state index contributed by atoms with van der Waals surface area (Å²) in [6.45, 7) is 14.3. The third-order valence-corrected chi connectivity index (χ3v) is 15.6. The summed E-state index contributed by atoms with van der Waals surface area (Å²) in [7, 11) is 0. The number of rotatable bonds is 12. The number of pyridine rings is 2. The van der Waals surface area contributed by atoms with Gasteiger partial charge in [-0.3, -0.25) is 38.8 Å². The summed E-state index contributed by atoms with van der Waals surface area (Å²) in [6, 6.07) is 9.62. The third kappa shape index (κ3) is 9.05. The maximum absolute atomic E-state index is 13.6. The summed E-state index contributed by atoms with van der Waals surface area (Å²) >= 11 is 0. The summed E-state index contributed by atoms with van der Waals surface area (Å²) in [6.07, 6.45) is 14.4. The highest BCUT2D eigenvalue weighted by atomic mass is 16.2. The predicted molar refractivity (Wildman–Crippen MR) is 253 cm³/mol. The zero-order chi connectivity index (χ0) is 45.5. The van der Waals surface area contributed by atoms with Crippen molar-refractivity contribution in [2.24, 2.45) is 11.8 Å². The van der Waals surface area contributed by atoms with Crippen LogP contribution in [0.4, 0.5) is 23.1 Å². The van der Waals surface area contributed by atoms with E-state index in [1.807, 2.05) is 18.3 Å². The number of nitrogens with zero attached hydrogens (tertiary/aromatic N) is 9. The normalized spacial score (nSPS) is 21.8. The SMILES string of the molecule is CC(=O)c1c(C)c2cnc(Nc3ccc(N4CCN(CCN5CCC(CC6CCN(c7ccc8c(c7)CN([C@H]7CCC(=O)NC7=O)C8=O)CC6)CC5)CC4)cn3)nc2n(C2CCCC2)c1=O. The Morgan fingerprint density at radius 1 is 0.773 bits per heavy atom. The Balaban J connectivity index is 0.641. The van der Waals surface area contributed by atoms with Gasteiger partial charge in [-0.2, -0.15) is 4.98 Å². The lowest BCUT2D eigenvalue weighted by atomic mass is 9.82. The lowest BCUT2D eigenvalue weighted by molar-refractivity contribution is -0.136. The van der Waals surface area contributed by atoms with Gasteiger partial charge in [0.25, 0.3) is 11.5 Å². The van der Waals surface area contributed by atoms with Crippen LogP contribution in [0.1, 0.15) is 115 Å². The van der Waals surface area contributed by atoms with Crippen molar-refractivity contribution in [3.05, 3.63) is 75.3 Å². The third-order valence-electron chi connectivity index (χ3n) is 15.6. The molecule has 0 unspecified atom stereocenters. The average molecular weight is 898 g/mol. The maximum Gasteiger partial charge on any atom is 0.263 e. The molecule has 4 saturated heterocycles. The standard InChI is InChI=1S/C50H63N11O5/c1-32-41-30-52-50(55-46(41)61(37-5-3-4-6-37)49(66)45(32)33(2)62)53-43-11-8-39(29-51-43)59-25-23-57(24-26-59)22-21-56-17-13-34(14-18-56)27-35-15-19-58(20-16-35)38-7-9-40-36(28-38)31-60(48(40)65)42-10-12-44(63)54-47(42)64/h7-9,11,28-30,34-35,37,42H,3-6,10,12-27,31H2,1-2H3,(H,54,63,64)(H,51,52,53,55)/t42-/m0/s1. The molecule has 10 rings (SSSR count). The number of aromatic nitrogens is 4. The highest BCUT2D eigenvalue weighted by Crippen LogP contribution is 2.36. The first-order valence-electron chi connectivity index (χ1n) is 24.4. The topological polar surface area (TPSA) is 169 Å². The summed E-state index contributed by atoms with van der Waals surface area (Å²) in [5, 5.41) is 6.37. The predicted octanol–water partition coefficient (Wildman–Crippen LogP) is 5.46. The average Bonchev–Trinajstić information content (AvgIpc) is 3.97. The summed E-state index contributed by atoms with van der Waals surface area (Å²) in [4.78, 5) is 89.3. The van der Waals surface area contributed by atoms with Crippen LogP contribution >= 0.6 is 0 Å². The summed E-state index contributed by atoms with van der Waals surface area (Å²) < 4.78 is 1.73. The van der Waals surface area contributed by atoms with Gasteiger partial charge in [-0.05, 0) is 132 Å². The van der Waals surface area contributed by atoms with Crippen LogP contribution in [-0.4, -0.2) is 129 Å². The molecule has 1 saturated carbocycles. The molecule has 1 aliphatic carbocycles. The molecule has 16 heteroatoms. The Morgan fingerprint density at radius 2 is 1.45 bits per heavy atom. The van der Waals surface area contributed by atoms with Crippen molar-refractivity contribution in [3.8, 4) is 0 Å². The Kier molecular flexibility index (Phi) is 12.6. The van der Waals surface area contributed by atoms with Crippen molar-refractivity contribution in [3.63, 3.8) is 0 Å². The molecule has 2 N–H and O–H groups in total. The van der Waals surface area contributed by atoms with E-state index in [9.17, 15) is 24.0 Å². The fourth-order valence-corrected chi connectivity index (χ4v) is 11.7. The number of aryl methyl sites for hydroxylation is 1. The van der Waals surface area contributed by atoms with Crippen molar-refractivity contribution in [2.45, 2.75) is 103 Å². The molecule has 3 amide bonds. The molecule has 0 radical (unpaired) electrons. The quantitative estimate of drug-likeness (QED) is 0.136. The molecule has 8 heterocycles. The Labute approximate surface area is 386 Å². The van der Waals surface area contributed by atoms with Crippen LogP contribution in [0.25, 0.3) is 11.0 Å². The summed E-state index contributed by atoms with van der Waals surface area (Å²) in [5.41, 5.74) is 5.06. The van der Waals surface area contributed by atoms with Crippen molar-refractivity contribution in [1.29, 1.82) is 0 Å². The first-order valence-corrected chi connectivity index (χ1v) is 24.4. The molecule has 1 aromatic carbocycles. The van der Waals surface area contributed by atoms with Gasteiger partial charge in [0.2, 0.25) is 17.8 Å². The van der Waals surface area contributed by atoms with Crippen molar-refractivity contribution in [1.82, 2.24) is 39.5 Å². The van der Waals surface area contributed by atoms with E-state index in [-0.39, 0.29) is 47.1 Å². The van der Waals surface area contributed by atoms with Crippen LogP contribution < -0.4 is 26.0 Å². The van der Waals surface area contributed by atoms with Gasteiger partial charge in [-0.25, -0.2) is 9.97 Å². The highest BCUT2D eigenvalue weighted by molar-refractivity contribution is 6.05. The number of benzene rings is 1. The van der Waals surface area contributed by atoms with Crippen molar-refractivity contribution in [2.75, 3.05) is 80.6 Å². The number of anilines is 4. The van der Waals surface area contributed by atoms with Gasteiger partial charge in [0, 0.05) is 94.2 Å². The largest absolute Gasteiger partial charge is 0.372 e. The van der Waals surface area contributed by atoms with E-state index in [2.05, 4.69) is 53.4 Å². The molecule has 348 valence electrons. The number of likely N-dealkylation sites (tertiary alicyclic amines) is 1. The van der Waals surface area contributed by atoms with E-state index < -0.39 is 6.04 Å². The number of amides is 3. The van der Waals surface area contributed by atoms with Crippen LogP contribution in [0.5, 0.6) is 0 Å². The van der Waals surface area contributed by atoms with Gasteiger partial charge in [-0.15, -0.1) is 0 Å². The van der Waals surface area contributed by atoms with Gasteiger partial charge in [0.1, 0.15) is 17.5 Å². The molecular weight excluding hydrogens is 835 g/mol. The van der Waals surface area contributed by atoms with Crippen molar-refractivity contribution >= 4 is 57.7 Å². The number of carbonyl (C=O) groups excluding carboxylic acids is 4. The number of carbonyl (C=O) groups is 4. The molecule has 4 aromatic rings. The molecule has 66 heavy (non-hydrogen) atoms. The van der Waals surface area contributed by atoms with Crippen LogP contribution in [0.3, 0.4) is 0 Å². The lowest BCUT2D eigenvalue weighted by Crippen LogP contribution is -2.52. The molecule has 1 atom stereocenters. The molecule has 0 spiro atoms. The van der Waals surface area contributed by atoms with Gasteiger partial charge in [0.15, 0.2) is 5.78 Å². The van der Waals surface area contributed by atoms with Gasteiger partial charge < -0.3 is 24.9 Å². The number of Topliss-reactive ketones (excluding diaryl/α,β-unsaturated/α-hetero) is 1. The summed E-state index contributed by atoms with van der Waals surface area (Å²) in [5.74, 6) is 1.58. The second kappa shape index (κ2) is 18.9. The first kappa shape index (κ1) is 44.1. The number of ketones is 1. The van der Waals surface area contributed by atoms with Gasteiger partial charge >= 0.3 is 0 Å². The Bertz CT molecular complexity index is 2550. The molecule has 5 aliphatic heterocycles. The number of nitrogens with one attached hydrogen (secondary N) is 2. The van der Waals surface area contributed by atoms with E-state index >= 15 is 0 Å². The number of imide groups is 1. The number of hydrogen-bond acceptors (Lipinski definition) is 13. The number of fused-ring (bicyclic) bond motifs is 2. The number of piperazine rings is 1. The van der Waals surface area contributed by atoms with E-state index in [0.29, 0.717) is 41.5 Å². The zero-order valence-electron chi connectivity index (χ0n) is 38.5. The molecule has 0 bridgehead atoms. The minimum Gasteiger partial charge on any atom is -0.372 e. The second-order valence-corrected chi connectivity index (χ2v) is 19.6. The molecular formula is C50H63N11O5. The smallest absolute Gasteiger partial charge is 0.263 e. The maximum atomic E-state index is 13.6. The van der Waals surface area contributed by atoms with E-state index in [1.165, 1.54) is 52.1 Å². The van der Waals surface area contributed by atoms with Gasteiger partial charge in [0.05, 0.1) is 17.4 Å². The number of piperidine rings is 3. The fraction of sp³-hybridized carbons (Fsp3) is 0.560. The monoisotopic (exact) mass is 898 g/mol.